The van der Waals surface area contributed by atoms with Crippen LogP contribution in [0, 0.1) is 11.8 Å². The van der Waals surface area contributed by atoms with Crippen LogP contribution in [-0.4, -0.2) is 5.78 Å². The fourth-order valence-corrected chi connectivity index (χ4v) is 2.62. The van der Waals surface area contributed by atoms with E-state index >= 15 is 0 Å². The average Bonchev–Trinajstić information content (AvgIpc) is 2.15. The van der Waals surface area contributed by atoms with Crippen molar-refractivity contribution in [3.05, 3.63) is 0 Å². The minimum Gasteiger partial charge on any atom is -0.300 e. The SMILES string of the molecule is CC[C@H](CC(C)=O)C1CCCCC1. The van der Waals surface area contributed by atoms with Gasteiger partial charge in [0.1, 0.15) is 5.78 Å². The molecule has 1 aliphatic rings. The molecule has 1 aliphatic carbocycles. The van der Waals surface area contributed by atoms with Gasteiger partial charge in [0.2, 0.25) is 0 Å². The van der Waals surface area contributed by atoms with E-state index in [1.54, 1.807) is 6.92 Å². The van der Waals surface area contributed by atoms with E-state index in [-0.39, 0.29) is 0 Å². The third-order valence-corrected chi connectivity index (χ3v) is 3.39. The van der Waals surface area contributed by atoms with Gasteiger partial charge in [0.25, 0.3) is 0 Å². The number of rotatable bonds is 4. The number of Topliss-reactive ketones (excluding diaryl/α,β-unsaturated/α-hetero) is 1. The van der Waals surface area contributed by atoms with Crippen LogP contribution in [0.4, 0.5) is 0 Å². The monoisotopic (exact) mass is 182 g/mol. The fourth-order valence-electron chi connectivity index (χ4n) is 2.62. The summed E-state index contributed by atoms with van der Waals surface area (Å²) < 4.78 is 0. The number of carbonyl (C=O) groups excluding carboxylic acids is 1. The molecule has 1 rings (SSSR count). The van der Waals surface area contributed by atoms with Gasteiger partial charge in [-0.25, -0.2) is 0 Å². The summed E-state index contributed by atoms with van der Waals surface area (Å²) in [6.07, 6.45) is 8.92. The normalized spacial score (nSPS) is 21.4. The molecule has 1 heteroatoms. The highest BCUT2D eigenvalue weighted by Crippen LogP contribution is 2.33. The van der Waals surface area contributed by atoms with E-state index in [0.29, 0.717) is 11.7 Å². The van der Waals surface area contributed by atoms with E-state index in [2.05, 4.69) is 6.92 Å². The predicted molar refractivity (Wildman–Crippen MR) is 55.7 cm³/mol. The smallest absolute Gasteiger partial charge is 0.130 e. The van der Waals surface area contributed by atoms with Crippen molar-refractivity contribution < 1.29 is 4.79 Å². The lowest BCUT2D eigenvalue weighted by atomic mass is 9.77. The second-order valence-corrected chi connectivity index (χ2v) is 4.47. The van der Waals surface area contributed by atoms with E-state index in [1.165, 1.54) is 38.5 Å². The van der Waals surface area contributed by atoms with E-state index in [0.717, 1.165) is 12.3 Å². The van der Waals surface area contributed by atoms with Crippen LogP contribution in [0.2, 0.25) is 0 Å². The van der Waals surface area contributed by atoms with Crippen molar-refractivity contribution in [1.82, 2.24) is 0 Å². The number of hydrogen-bond acceptors (Lipinski definition) is 1. The second-order valence-electron chi connectivity index (χ2n) is 4.47. The first kappa shape index (κ1) is 10.7. The maximum atomic E-state index is 11.1. The molecule has 1 fully saturated rings. The summed E-state index contributed by atoms with van der Waals surface area (Å²) in [6.45, 7) is 3.95. The van der Waals surface area contributed by atoms with Gasteiger partial charge in [0, 0.05) is 6.42 Å². The Kier molecular flexibility index (Phi) is 4.47. The first-order valence-electron chi connectivity index (χ1n) is 5.73. The molecule has 0 N–H and O–H groups in total. The zero-order valence-electron chi connectivity index (χ0n) is 9.01. The van der Waals surface area contributed by atoms with E-state index in [1.807, 2.05) is 0 Å². The van der Waals surface area contributed by atoms with Crippen molar-refractivity contribution in [2.24, 2.45) is 11.8 Å². The van der Waals surface area contributed by atoms with Crippen LogP contribution in [0.5, 0.6) is 0 Å². The van der Waals surface area contributed by atoms with Crippen LogP contribution in [0.1, 0.15) is 58.8 Å². The van der Waals surface area contributed by atoms with E-state index in [9.17, 15) is 4.79 Å². The summed E-state index contributed by atoms with van der Waals surface area (Å²) in [5.41, 5.74) is 0. The minimum absolute atomic E-state index is 0.373. The lowest BCUT2D eigenvalue weighted by Gasteiger charge is -2.28. The van der Waals surface area contributed by atoms with Crippen LogP contribution in [0.15, 0.2) is 0 Å². The number of hydrogen-bond donors (Lipinski definition) is 0. The highest BCUT2D eigenvalue weighted by atomic mass is 16.1. The largest absolute Gasteiger partial charge is 0.300 e. The molecule has 0 heterocycles. The molecule has 0 aromatic heterocycles. The molecule has 0 aliphatic heterocycles. The van der Waals surface area contributed by atoms with Gasteiger partial charge in [-0.15, -0.1) is 0 Å². The molecular weight excluding hydrogens is 160 g/mol. The molecule has 0 saturated heterocycles. The van der Waals surface area contributed by atoms with Crippen LogP contribution < -0.4 is 0 Å². The Bertz CT molecular complexity index is 157. The Labute approximate surface area is 81.9 Å². The summed E-state index contributed by atoms with van der Waals surface area (Å²) in [5, 5.41) is 0. The molecule has 0 bridgehead atoms. The predicted octanol–water partition coefficient (Wildman–Crippen LogP) is 3.57. The Hall–Kier alpha value is -0.330. The lowest BCUT2D eigenvalue weighted by molar-refractivity contribution is -0.118. The van der Waals surface area contributed by atoms with Crippen LogP contribution >= 0.6 is 0 Å². The molecule has 0 aromatic rings. The molecule has 76 valence electrons. The van der Waals surface area contributed by atoms with Gasteiger partial charge in [-0.2, -0.15) is 0 Å². The van der Waals surface area contributed by atoms with Crippen molar-refractivity contribution >= 4 is 5.78 Å². The average molecular weight is 182 g/mol. The summed E-state index contributed by atoms with van der Waals surface area (Å²) in [5.74, 6) is 1.90. The van der Waals surface area contributed by atoms with Gasteiger partial charge in [-0.3, -0.25) is 0 Å². The number of ketones is 1. The molecule has 1 saturated carbocycles. The third-order valence-electron chi connectivity index (χ3n) is 3.39. The first-order chi connectivity index (χ1) is 6.24. The van der Waals surface area contributed by atoms with Crippen molar-refractivity contribution in [3.63, 3.8) is 0 Å². The van der Waals surface area contributed by atoms with Crippen molar-refractivity contribution in [2.45, 2.75) is 58.8 Å². The molecule has 0 spiro atoms. The fraction of sp³-hybridized carbons (Fsp3) is 0.917. The third kappa shape index (κ3) is 3.50. The molecule has 1 atom stereocenters. The molecule has 13 heavy (non-hydrogen) atoms. The Morgan fingerprint density at radius 3 is 2.38 bits per heavy atom. The van der Waals surface area contributed by atoms with Crippen molar-refractivity contribution in [1.29, 1.82) is 0 Å². The van der Waals surface area contributed by atoms with Crippen LogP contribution in [-0.2, 0) is 4.79 Å². The van der Waals surface area contributed by atoms with Crippen molar-refractivity contribution in [2.75, 3.05) is 0 Å². The van der Waals surface area contributed by atoms with Crippen LogP contribution in [0.3, 0.4) is 0 Å². The molecular formula is C12H22O. The molecule has 1 nitrogen and oxygen atoms in total. The highest BCUT2D eigenvalue weighted by Gasteiger charge is 2.22. The Balaban J connectivity index is 2.39. The van der Waals surface area contributed by atoms with E-state index < -0.39 is 0 Å². The lowest BCUT2D eigenvalue weighted by Crippen LogP contribution is -2.19. The summed E-state index contributed by atoms with van der Waals surface area (Å²) in [4.78, 5) is 11.1. The Morgan fingerprint density at radius 2 is 1.92 bits per heavy atom. The summed E-state index contributed by atoms with van der Waals surface area (Å²) >= 11 is 0. The quantitative estimate of drug-likeness (QED) is 0.649. The van der Waals surface area contributed by atoms with Gasteiger partial charge < -0.3 is 4.79 Å². The highest BCUT2D eigenvalue weighted by molar-refractivity contribution is 5.75. The van der Waals surface area contributed by atoms with Crippen molar-refractivity contribution in [3.8, 4) is 0 Å². The zero-order valence-corrected chi connectivity index (χ0v) is 9.01. The minimum atomic E-state index is 0.373. The van der Waals surface area contributed by atoms with Gasteiger partial charge >= 0.3 is 0 Å². The maximum absolute atomic E-state index is 11.1. The standard InChI is InChI=1S/C12H22O/c1-3-11(9-10(2)13)12-7-5-4-6-8-12/h11-12H,3-9H2,1-2H3/t11-/m1/s1. The van der Waals surface area contributed by atoms with Gasteiger partial charge in [0.15, 0.2) is 0 Å². The Morgan fingerprint density at radius 1 is 1.31 bits per heavy atom. The molecule has 0 aromatic carbocycles. The topological polar surface area (TPSA) is 17.1 Å². The zero-order chi connectivity index (χ0) is 9.68. The summed E-state index contributed by atoms with van der Waals surface area (Å²) in [7, 11) is 0. The van der Waals surface area contributed by atoms with Gasteiger partial charge in [-0.1, -0.05) is 45.4 Å². The second kappa shape index (κ2) is 5.41. The van der Waals surface area contributed by atoms with Crippen LogP contribution in [0.25, 0.3) is 0 Å². The number of carbonyl (C=O) groups is 1. The molecule has 0 unspecified atom stereocenters. The first-order valence-corrected chi connectivity index (χ1v) is 5.73. The summed E-state index contributed by atoms with van der Waals surface area (Å²) in [6, 6.07) is 0. The van der Waals surface area contributed by atoms with E-state index in [4.69, 9.17) is 0 Å². The molecule has 0 amide bonds. The van der Waals surface area contributed by atoms with Gasteiger partial charge in [0.05, 0.1) is 0 Å². The maximum Gasteiger partial charge on any atom is 0.130 e. The molecule has 0 radical (unpaired) electrons. The van der Waals surface area contributed by atoms with Gasteiger partial charge in [-0.05, 0) is 18.8 Å².